The molecule has 0 aromatic heterocycles. The fourth-order valence-corrected chi connectivity index (χ4v) is 6.61. The number of likely N-dealkylation sites (N-methyl/N-ethyl adjacent to an activating group) is 1. The molecule has 49 heavy (non-hydrogen) atoms. The number of nitrogens with zero attached hydrogens (tertiary/aromatic N) is 5. The molecule has 7 atom stereocenters. The Balaban J connectivity index is 1.98. The van der Waals surface area contributed by atoms with Crippen LogP contribution in [0.4, 0.5) is 24.5 Å². The van der Waals surface area contributed by atoms with Crippen molar-refractivity contribution in [3.63, 3.8) is 0 Å². The van der Waals surface area contributed by atoms with Gasteiger partial charge in [-0.3, -0.25) is 0 Å². The first-order chi connectivity index (χ1) is 23.1. The molecule has 14 heteroatoms. The van der Waals surface area contributed by atoms with Crippen LogP contribution < -0.4 is 4.74 Å². The normalized spacial score (nSPS) is 25.7. The van der Waals surface area contributed by atoms with Gasteiger partial charge in [0, 0.05) is 17.0 Å². The van der Waals surface area contributed by atoms with Crippen LogP contribution in [0.3, 0.4) is 0 Å². The van der Waals surface area contributed by atoms with E-state index >= 15 is 13.2 Å². The molecule has 0 saturated carbocycles. The molecule has 3 aliphatic heterocycles. The lowest BCUT2D eigenvalue weighted by Gasteiger charge is -2.43. The largest absolute Gasteiger partial charge is 0.498 e. The number of aliphatic hydroxyl groups excluding tert-OH is 3. The second-order valence-corrected chi connectivity index (χ2v) is 13.5. The van der Waals surface area contributed by atoms with Crippen LogP contribution in [0.15, 0.2) is 0 Å². The number of rotatable bonds is 7. The average Bonchev–Trinajstić information content (AvgIpc) is 3.10. The van der Waals surface area contributed by atoms with E-state index in [2.05, 4.69) is 9.69 Å². The van der Waals surface area contributed by atoms with E-state index in [1.165, 1.54) is 13.8 Å². The van der Waals surface area contributed by atoms with Crippen molar-refractivity contribution in [1.82, 2.24) is 0 Å². The minimum atomic E-state index is -1.63. The number of halogens is 3. The van der Waals surface area contributed by atoms with Crippen molar-refractivity contribution < 1.29 is 47.2 Å². The summed E-state index contributed by atoms with van der Waals surface area (Å²) in [6.07, 6.45) is -7.23. The Morgan fingerprint density at radius 3 is 2.10 bits per heavy atom. The van der Waals surface area contributed by atoms with Gasteiger partial charge in [-0.05, 0) is 50.2 Å². The van der Waals surface area contributed by atoms with Gasteiger partial charge in [-0.15, -0.1) is 0 Å². The van der Waals surface area contributed by atoms with E-state index in [0.29, 0.717) is 11.0 Å². The quantitative estimate of drug-likeness (QED) is 0.285. The highest BCUT2D eigenvalue weighted by molar-refractivity contribution is 5.71. The molecule has 3 fully saturated rings. The Bertz CT molecular complexity index is 1770. The Morgan fingerprint density at radius 1 is 0.898 bits per heavy atom. The van der Waals surface area contributed by atoms with Gasteiger partial charge < -0.3 is 34.0 Å². The Kier molecular flexibility index (Phi) is 11.6. The highest BCUT2D eigenvalue weighted by Crippen LogP contribution is 2.48. The van der Waals surface area contributed by atoms with Crippen molar-refractivity contribution in [3.8, 4) is 17.9 Å². The van der Waals surface area contributed by atoms with E-state index < -0.39 is 95.4 Å². The van der Waals surface area contributed by atoms with Crippen LogP contribution in [0, 0.1) is 67.1 Å². The van der Waals surface area contributed by atoms with Gasteiger partial charge in [0.1, 0.15) is 72.9 Å². The number of hydrogen-bond acceptors (Lipinski definition) is 8. The minimum Gasteiger partial charge on any atom is -0.498 e. The summed E-state index contributed by atoms with van der Waals surface area (Å²) in [7, 11) is 5.76. The maximum absolute atomic E-state index is 16.1. The van der Waals surface area contributed by atoms with Crippen molar-refractivity contribution in [2.75, 3.05) is 47.5 Å². The van der Waals surface area contributed by atoms with E-state index in [1.807, 2.05) is 27.2 Å². The van der Waals surface area contributed by atoms with E-state index in [1.54, 1.807) is 6.07 Å². The zero-order valence-electron chi connectivity index (χ0n) is 27.9. The number of fused-ring (bicyclic) bond motifs is 8. The predicted molar refractivity (Wildman–Crippen MR) is 169 cm³/mol. The molecule has 3 N–H and O–H groups in total. The van der Waals surface area contributed by atoms with Crippen LogP contribution in [-0.4, -0.2) is 97.8 Å². The SMILES string of the molecule is [C-]#[N+]c1c(C)c(F)c(C#N)c(C2CCC(c3c(F)c(C#N)c(C)c(F)c3[N+]#[C-])CO[C@H]3[C@H](O)[C@H](O)[C@H](C2)O[C@@H]3CO)c1OCC[N+](C)(C)C. The molecule has 3 aliphatic rings. The molecule has 11 nitrogen and oxygen atoms in total. The molecule has 5 rings (SSSR count). The van der Waals surface area contributed by atoms with Gasteiger partial charge in [-0.25, -0.2) is 22.9 Å². The molecule has 0 radical (unpaired) electrons. The third-order valence-electron chi connectivity index (χ3n) is 9.36. The lowest BCUT2D eigenvalue weighted by Crippen LogP contribution is -2.59. The Labute approximate surface area is 283 Å². The summed E-state index contributed by atoms with van der Waals surface area (Å²) < 4.78 is 66.0. The second-order valence-electron chi connectivity index (χ2n) is 13.5. The van der Waals surface area contributed by atoms with Crippen LogP contribution in [0.2, 0.25) is 0 Å². The smallest absolute Gasteiger partial charge is 0.234 e. The van der Waals surface area contributed by atoms with Gasteiger partial charge in [0.2, 0.25) is 11.4 Å². The summed E-state index contributed by atoms with van der Waals surface area (Å²) in [4.78, 5) is 6.79. The first kappa shape index (κ1) is 37.6. The number of nitriles is 2. The lowest BCUT2D eigenvalue weighted by molar-refractivity contribution is -0.870. The average molecular weight is 683 g/mol. The summed E-state index contributed by atoms with van der Waals surface area (Å²) in [6.45, 7) is 17.5. The maximum atomic E-state index is 16.1. The molecule has 2 unspecified atom stereocenters. The molecular formula is C35H39F3N5O6+. The monoisotopic (exact) mass is 682 g/mol. The van der Waals surface area contributed by atoms with Crippen LogP contribution in [0.1, 0.15) is 64.5 Å². The fourth-order valence-electron chi connectivity index (χ4n) is 6.61. The van der Waals surface area contributed by atoms with Crippen molar-refractivity contribution >= 4 is 11.4 Å². The molecule has 260 valence electrons. The van der Waals surface area contributed by atoms with Gasteiger partial charge in [0.25, 0.3) is 0 Å². The molecule has 3 heterocycles. The Hall–Kier alpha value is -4.25. The van der Waals surface area contributed by atoms with Crippen molar-refractivity contribution in [1.29, 1.82) is 10.5 Å². The van der Waals surface area contributed by atoms with E-state index in [0.717, 1.165) is 0 Å². The zero-order valence-corrected chi connectivity index (χ0v) is 27.9. The van der Waals surface area contributed by atoms with Gasteiger partial charge in [-0.2, -0.15) is 10.5 Å². The summed E-state index contributed by atoms with van der Waals surface area (Å²) >= 11 is 0. The third-order valence-corrected chi connectivity index (χ3v) is 9.36. The van der Waals surface area contributed by atoms with Gasteiger partial charge in [-0.1, -0.05) is 0 Å². The summed E-state index contributed by atoms with van der Waals surface area (Å²) in [6, 6.07) is 3.55. The number of ether oxygens (including phenoxy) is 3. The number of benzene rings is 2. The predicted octanol–water partition coefficient (Wildman–Crippen LogP) is 4.57. The van der Waals surface area contributed by atoms with Crippen LogP contribution >= 0.6 is 0 Å². The van der Waals surface area contributed by atoms with E-state index in [4.69, 9.17) is 27.4 Å². The molecule has 2 bridgehead atoms. The molecule has 0 aliphatic carbocycles. The summed E-state index contributed by atoms with van der Waals surface area (Å²) in [5.74, 6) is -5.29. The number of quaternary nitrogens is 1. The highest BCUT2D eigenvalue weighted by atomic mass is 19.1. The van der Waals surface area contributed by atoms with E-state index in [9.17, 15) is 25.8 Å². The summed E-state index contributed by atoms with van der Waals surface area (Å²) in [5, 5.41) is 52.5. The molecule has 3 saturated heterocycles. The molecule has 2 aromatic carbocycles. The highest BCUT2D eigenvalue weighted by Gasteiger charge is 2.47. The lowest BCUT2D eigenvalue weighted by atomic mass is 9.79. The van der Waals surface area contributed by atoms with Gasteiger partial charge >= 0.3 is 0 Å². The van der Waals surface area contributed by atoms with Crippen LogP contribution in [-0.2, 0) is 9.47 Å². The molecule has 0 amide bonds. The zero-order chi connectivity index (χ0) is 36.4. The standard InChI is InChI=1S/C35H39F3N5O6/c1-17-21(13-39)29(38)26(31(42-4)28(17)37)20-9-8-19(12-23-32(45)33(46)34(48-16-20)24(15-44)49-23)25-22(14-40)27(36)18(2)30(41-3)35(25)47-11-10-43(5,6)7/h19-20,23-24,32-34,44-46H,8-12,15-16H2,1-2,5-7H3/q+1/t19?,20?,23-,24+,32+,33+,34+/m0/s1. The first-order valence-corrected chi connectivity index (χ1v) is 15.7. The van der Waals surface area contributed by atoms with E-state index in [-0.39, 0.29) is 54.0 Å². The van der Waals surface area contributed by atoms with Crippen LogP contribution in [0.5, 0.6) is 5.75 Å². The molecule has 0 spiro atoms. The van der Waals surface area contributed by atoms with Crippen molar-refractivity contribution in [2.45, 2.75) is 75.5 Å². The fraction of sp³-hybridized carbons (Fsp3) is 0.543. The minimum absolute atomic E-state index is 0.00330. The van der Waals surface area contributed by atoms with Gasteiger partial charge in [0.15, 0.2) is 0 Å². The number of hydrogen-bond donors (Lipinski definition) is 3. The summed E-state index contributed by atoms with van der Waals surface area (Å²) in [5.41, 5.74) is -2.71. The van der Waals surface area contributed by atoms with Gasteiger partial charge in [0.05, 0.1) is 64.7 Å². The molecule has 2 aromatic rings. The number of aliphatic hydroxyl groups is 3. The van der Waals surface area contributed by atoms with Crippen molar-refractivity contribution in [2.24, 2.45) is 0 Å². The third kappa shape index (κ3) is 7.22. The Morgan fingerprint density at radius 2 is 1.53 bits per heavy atom. The first-order valence-electron chi connectivity index (χ1n) is 15.7. The second kappa shape index (κ2) is 15.1. The maximum Gasteiger partial charge on any atom is 0.234 e. The molecular weight excluding hydrogens is 643 g/mol. The van der Waals surface area contributed by atoms with Crippen molar-refractivity contribution in [3.05, 3.63) is 73.7 Å². The topological polar surface area (TPSA) is 145 Å². The van der Waals surface area contributed by atoms with Crippen LogP contribution in [0.25, 0.3) is 9.69 Å².